The second-order valence-electron chi connectivity index (χ2n) is 7.91. The van der Waals surface area contributed by atoms with Crippen molar-refractivity contribution in [3.05, 3.63) is 33.8 Å². The fraction of sp³-hybridized carbons (Fsp3) is 0.556. The van der Waals surface area contributed by atoms with E-state index in [1.807, 2.05) is 6.92 Å². The van der Waals surface area contributed by atoms with E-state index in [1.54, 1.807) is 12.1 Å². The summed E-state index contributed by atoms with van der Waals surface area (Å²) >= 11 is 3.27. The predicted octanol–water partition coefficient (Wildman–Crippen LogP) is 2.42. The zero-order chi connectivity index (χ0) is 18.9. The molecule has 1 heterocycles. The number of nitrogens with zero attached hydrogens (tertiary/aromatic N) is 1. The fourth-order valence-electron chi connectivity index (χ4n) is 4.35. The minimum atomic E-state index is -2.90. The topological polar surface area (TPSA) is 69.6 Å². The fourth-order valence-corrected chi connectivity index (χ4v) is 4.71. The number of alkyl halides is 2. The molecule has 1 aromatic carbocycles. The van der Waals surface area contributed by atoms with Gasteiger partial charge in [-0.15, -0.1) is 0 Å². The van der Waals surface area contributed by atoms with Gasteiger partial charge in [0.2, 0.25) is 5.91 Å². The van der Waals surface area contributed by atoms with Crippen LogP contribution in [0.5, 0.6) is 0 Å². The van der Waals surface area contributed by atoms with Gasteiger partial charge in [0, 0.05) is 23.0 Å². The van der Waals surface area contributed by atoms with Crippen LogP contribution in [0.4, 0.5) is 8.78 Å². The highest BCUT2D eigenvalue weighted by molar-refractivity contribution is 9.10. The molecule has 0 saturated heterocycles. The van der Waals surface area contributed by atoms with Crippen LogP contribution in [0.3, 0.4) is 0 Å². The van der Waals surface area contributed by atoms with E-state index in [-0.39, 0.29) is 25.1 Å². The van der Waals surface area contributed by atoms with Crippen LogP contribution in [0.25, 0.3) is 0 Å². The number of aliphatic hydroxyl groups is 1. The predicted molar refractivity (Wildman–Crippen MR) is 92.8 cm³/mol. The molecule has 1 aliphatic heterocycles. The summed E-state index contributed by atoms with van der Waals surface area (Å²) in [5.74, 6) is -3.56. The third-order valence-electron chi connectivity index (χ3n) is 5.65. The quantitative estimate of drug-likeness (QED) is 0.726. The Labute approximate surface area is 157 Å². The van der Waals surface area contributed by atoms with Crippen molar-refractivity contribution in [3.8, 4) is 0 Å². The van der Waals surface area contributed by atoms with Gasteiger partial charge < -0.3 is 15.3 Å². The molecule has 2 amide bonds. The Morgan fingerprint density at radius 1 is 1.42 bits per heavy atom. The van der Waals surface area contributed by atoms with E-state index >= 15 is 0 Å². The molecule has 0 bridgehead atoms. The number of fused-ring (bicyclic) bond motifs is 2. The van der Waals surface area contributed by atoms with Gasteiger partial charge in [-0.2, -0.15) is 0 Å². The molecule has 140 valence electrons. The summed E-state index contributed by atoms with van der Waals surface area (Å²) < 4.78 is 29.0. The van der Waals surface area contributed by atoms with Crippen LogP contribution in [-0.4, -0.2) is 46.6 Å². The molecule has 4 rings (SSSR count). The summed E-state index contributed by atoms with van der Waals surface area (Å²) in [6.45, 7) is 1.41. The summed E-state index contributed by atoms with van der Waals surface area (Å²) in [5, 5.41) is 12.7. The Morgan fingerprint density at radius 2 is 2.08 bits per heavy atom. The van der Waals surface area contributed by atoms with Crippen LogP contribution >= 0.6 is 15.9 Å². The van der Waals surface area contributed by atoms with Crippen molar-refractivity contribution < 1.29 is 23.5 Å². The lowest BCUT2D eigenvalue weighted by molar-refractivity contribution is -0.141. The maximum atomic E-state index is 14.2. The van der Waals surface area contributed by atoms with Gasteiger partial charge >= 0.3 is 0 Å². The molecule has 2 saturated carbocycles. The first-order valence-electron chi connectivity index (χ1n) is 8.56. The van der Waals surface area contributed by atoms with E-state index in [9.17, 15) is 23.5 Å². The lowest BCUT2D eigenvalue weighted by Gasteiger charge is -2.43. The summed E-state index contributed by atoms with van der Waals surface area (Å²) in [7, 11) is 0. The number of amides is 2. The SMILES string of the molecule is CC1CC(O)(NC(=O)CN2CC3(CC3(F)F)c3cc(Br)ccc3C2=O)C1. The molecule has 2 aliphatic carbocycles. The van der Waals surface area contributed by atoms with Crippen LogP contribution in [0.1, 0.15) is 42.1 Å². The number of benzene rings is 1. The van der Waals surface area contributed by atoms with Gasteiger partial charge in [-0.25, -0.2) is 8.78 Å². The Bertz CT molecular complexity index is 810. The van der Waals surface area contributed by atoms with Crippen molar-refractivity contribution in [1.29, 1.82) is 0 Å². The van der Waals surface area contributed by atoms with Crippen molar-refractivity contribution in [3.63, 3.8) is 0 Å². The smallest absolute Gasteiger partial charge is 0.260 e. The molecule has 5 nitrogen and oxygen atoms in total. The van der Waals surface area contributed by atoms with E-state index < -0.39 is 28.9 Å². The average Bonchev–Trinajstić information content (AvgIpc) is 3.04. The van der Waals surface area contributed by atoms with E-state index in [4.69, 9.17) is 0 Å². The molecule has 1 atom stereocenters. The summed E-state index contributed by atoms with van der Waals surface area (Å²) in [5.41, 5.74) is -2.13. The number of carbonyl (C=O) groups is 2. The van der Waals surface area contributed by atoms with Crippen LogP contribution in [0.15, 0.2) is 22.7 Å². The first-order chi connectivity index (χ1) is 12.1. The van der Waals surface area contributed by atoms with Gasteiger partial charge in [-0.05, 0) is 42.5 Å². The highest BCUT2D eigenvalue weighted by atomic mass is 79.9. The molecular formula is C18H19BrF2N2O3. The molecule has 1 unspecified atom stereocenters. The molecule has 1 spiro atoms. The second kappa shape index (κ2) is 5.48. The minimum Gasteiger partial charge on any atom is -0.371 e. The van der Waals surface area contributed by atoms with Gasteiger partial charge in [0.1, 0.15) is 5.72 Å². The van der Waals surface area contributed by atoms with Crippen molar-refractivity contribution in [1.82, 2.24) is 10.2 Å². The molecule has 3 aliphatic rings. The summed E-state index contributed by atoms with van der Waals surface area (Å²) in [6, 6.07) is 4.72. The number of carbonyl (C=O) groups excluding carboxylic acids is 2. The molecule has 0 aromatic heterocycles. The lowest BCUT2D eigenvalue weighted by Crippen LogP contribution is -2.59. The molecule has 1 aromatic rings. The number of halogens is 3. The zero-order valence-corrected chi connectivity index (χ0v) is 15.8. The monoisotopic (exact) mass is 428 g/mol. The molecule has 26 heavy (non-hydrogen) atoms. The Morgan fingerprint density at radius 3 is 2.65 bits per heavy atom. The van der Waals surface area contributed by atoms with E-state index in [0.717, 1.165) is 4.90 Å². The molecule has 2 N–H and O–H groups in total. The first-order valence-corrected chi connectivity index (χ1v) is 9.35. The Kier molecular flexibility index (Phi) is 3.76. The van der Waals surface area contributed by atoms with Crippen molar-refractivity contribution in [2.24, 2.45) is 5.92 Å². The largest absolute Gasteiger partial charge is 0.371 e. The van der Waals surface area contributed by atoms with Gasteiger partial charge in [-0.3, -0.25) is 9.59 Å². The van der Waals surface area contributed by atoms with Crippen molar-refractivity contribution in [2.75, 3.05) is 13.1 Å². The zero-order valence-electron chi connectivity index (χ0n) is 14.2. The Balaban J connectivity index is 1.56. The van der Waals surface area contributed by atoms with E-state index in [0.29, 0.717) is 28.8 Å². The normalized spacial score (nSPS) is 34.3. The molecular weight excluding hydrogens is 410 g/mol. The van der Waals surface area contributed by atoms with Gasteiger partial charge in [0.25, 0.3) is 11.8 Å². The van der Waals surface area contributed by atoms with Gasteiger partial charge in [0.15, 0.2) is 0 Å². The highest BCUT2D eigenvalue weighted by Gasteiger charge is 2.74. The lowest BCUT2D eigenvalue weighted by atomic mass is 9.78. The van der Waals surface area contributed by atoms with Crippen LogP contribution in [0.2, 0.25) is 0 Å². The van der Waals surface area contributed by atoms with E-state index in [2.05, 4.69) is 21.2 Å². The standard InChI is InChI=1S/C18H19BrF2N2O3/c1-10-5-17(26,6-10)22-14(24)7-23-9-16(8-18(16,20)21)13-4-11(19)2-3-12(13)15(23)25/h2-4,10,26H,5-9H2,1H3,(H,22,24). The maximum absolute atomic E-state index is 14.2. The molecule has 2 fully saturated rings. The van der Waals surface area contributed by atoms with Crippen LogP contribution in [-0.2, 0) is 10.2 Å². The highest BCUT2D eigenvalue weighted by Crippen LogP contribution is 2.64. The Hall–Kier alpha value is -1.54. The summed E-state index contributed by atoms with van der Waals surface area (Å²) in [4.78, 5) is 26.1. The third-order valence-corrected chi connectivity index (χ3v) is 6.15. The van der Waals surface area contributed by atoms with Crippen molar-refractivity contribution in [2.45, 2.75) is 43.2 Å². The number of nitrogens with one attached hydrogen (secondary N) is 1. The van der Waals surface area contributed by atoms with E-state index in [1.165, 1.54) is 6.07 Å². The maximum Gasteiger partial charge on any atom is 0.260 e. The van der Waals surface area contributed by atoms with Gasteiger partial charge in [0.05, 0.1) is 12.0 Å². The first kappa shape index (κ1) is 17.9. The summed E-state index contributed by atoms with van der Waals surface area (Å²) in [6.07, 6.45) is 0.563. The number of hydrogen-bond donors (Lipinski definition) is 2. The van der Waals surface area contributed by atoms with Crippen molar-refractivity contribution >= 4 is 27.7 Å². The molecule has 0 radical (unpaired) electrons. The number of rotatable bonds is 3. The minimum absolute atomic E-state index is 0.204. The third kappa shape index (κ3) is 2.65. The molecule has 8 heteroatoms. The second-order valence-corrected chi connectivity index (χ2v) is 8.82. The van der Waals surface area contributed by atoms with Crippen LogP contribution < -0.4 is 5.32 Å². The number of hydrogen-bond acceptors (Lipinski definition) is 3. The van der Waals surface area contributed by atoms with Crippen LogP contribution in [0, 0.1) is 5.92 Å². The average molecular weight is 429 g/mol. The van der Waals surface area contributed by atoms with Gasteiger partial charge in [-0.1, -0.05) is 22.9 Å².